The van der Waals surface area contributed by atoms with Crippen LogP contribution in [-0.2, 0) is 16.2 Å². The highest BCUT2D eigenvalue weighted by molar-refractivity contribution is 7.89. The molecular weight excluding hydrogens is 307 g/mol. The normalized spacial score (nSPS) is 14.1. The van der Waals surface area contributed by atoms with Gasteiger partial charge in [-0.15, -0.1) is 0 Å². The lowest BCUT2D eigenvalue weighted by Gasteiger charge is -2.15. The molecule has 1 heterocycles. The quantitative estimate of drug-likeness (QED) is 0.909. The average molecular weight is 319 g/mol. The molecule has 1 atom stereocenters. The number of alkyl halides is 3. The molecule has 21 heavy (non-hydrogen) atoms. The second-order valence-electron chi connectivity index (χ2n) is 4.40. The smallest absolute Gasteiger partial charge is 0.284 e. The third kappa shape index (κ3) is 3.61. The number of hydrogen-bond acceptors (Lipinski definition) is 3. The summed E-state index contributed by atoms with van der Waals surface area (Å²) in [6, 6.07) is 3.70. The number of halogens is 3. The maximum atomic E-state index is 12.6. The Hall–Kier alpha value is -1.87. The molecule has 5 nitrogen and oxygen atoms in total. The van der Waals surface area contributed by atoms with Crippen LogP contribution in [0.25, 0.3) is 0 Å². The first-order valence-electron chi connectivity index (χ1n) is 5.88. The third-order valence-electron chi connectivity index (χ3n) is 2.83. The van der Waals surface area contributed by atoms with Crippen molar-refractivity contribution in [1.29, 1.82) is 0 Å². The van der Waals surface area contributed by atoms with E-state index in [1.165, 1.54) is 25.3 Å². The molecule has 0 aliphatic rings. The van der Waals surface area contributed by atoms with Crippen molar-refractivity contribution in [2.75, 3.05) is 0 Å². The molecule has 0 bridgehead atoms. The fourth-order valence-corrected chi connectivity index (χ4v) is 2.88. The van der Waals surface area contributed by atoms with Gasteiger partial charge in [0.15, 0.2) is 0 Å². The first-order valence-corrected chi connectivity index (χ1v) is 7.37. The average Bonchev–Trinajstić information content (AvgIpc) is 2.92. The number of aromatic amines is 1. The van der Waals surface area contributed by atoms with E-state index in [0.717, 1.165) is 18.3 Å². The number of H-pyrrole nitrogens is 1. The van der Waals surface area contributed by atoms with Crippen molar-refractivity contribution >= 4 is 10.0 Å². The third-order valence-corrected chi connectivity index (χ3v) is 4.34. The Morgan fingerprint density at radius 1 is 1.33 bits per heavy atom. The van der Waals surface area contributed by atoms with Crippen molar-refractivity contribution < 1.29 is 21.6 Å². The SMILES string of the molecule is CC(NS(=O)(=O)c1cn[nH]c1)c1cccc(C(F)(F)F)c1. The molecule has 2 rings (SSSR count). The van der Waals surface area contributed by atoms with Crippen molar-refractivity contribution in [2.24, 2.45) is 0 Å². The van der Waals surface area contributed by atoms with Gasteiger partial charge in [0, 0.05) is 12.2 Å². The molecule has 0 aliphatic heterocycles. The molecule has 2 N–H and O–H groups in total. The van der Waals surface area contributed by atoms with Gasteiger partial charge in [0.25, 0.3) is 0 Å². The summed E-state index contributed by atoms with van der Waals surface area (Å²) in [5, 5.41) is 5.88. The molecule has 114 valence electrons. The van der Waals surface area contributed by atoms with Crippen LogP contribution in [0.4, 0.5) is 13.2 Å². The highest BCUT2D eigenvalue weighted by Crippen LogP contribution is 2.30. The van der Waals surface area contributed by atoms with Crippen LogP contribution < -0.4 is 4.72 Å². The van der Waals surface area contributed by atoms with E-state index in [1.54, 1.807) is 0 Å². The summed E-state index contributed by atoms with van der Waals surface area (Å²) in [4.78, 5) is -0.0821. The predicted octanol–water partition coefficient (Wildman–Crippen LogP) is 2.47. The lowest BCUT2D eigenvalue weighted by molar-refractivity contribution is -0.137. The van der Waals surface area contributed by atoms with Gasteiger partial charge in [-0.05, 0) is 24.6 Å². The minimum atomic E-state index is -4.47. The zero-order chi connectivity index (χ0) is 15.7. The Morgan fingerprint density at radius 2 is 2.05 bits per heavy atom. The minimum Gasteiger partial charge on any atom is -0.284 e. The molecule has 0 aliphatic carbocycles. The zero-order valence-electron chi connectivity index (χ0n) is 10.8. The second-order valence-corrected chi connectivity index (χ2v) is 6.11. The lowest BCUT2D eigenvalue weighted by Crippen LogP contribution is -2.26. The van der Waals surface area contributed by atoms with Crippen LogP contribution in [0.2, 0.25) is 0 Å². The van der Waals surface area contributed by atoms with Gasteiger partial charge in [-0.2, -0.15) is 18.3 Å². The number of rotatable bonds is 4. The van der Waals surface area contributed by atoms with E-state index in [2.05, 4.69) is 14.9 Å². The highest BCUT2D eigenvalue weighted by Gasteiger charge is 2.31. The molecule has 0 saturated carbocycles. The number of nitrogens with zero attached hydrogens (tertiary/aromatic N) is 1. The van der Waals surface area contributed by atoms with Crippen LogP contribution >= 0.6 is 0 Å². The molecule has 1 aromatic heterocycles. The Kier molecular flexibility index (Phi) is 4.06. The van der Waals surface area contributed by atoms with Gasteiger partial charge < -0.3 is 0 Å². The van der Waals surface area contributed by atoms with Crippen LogP contribution in [0.3, 0.4) is 0 Å². The Labute approximate surface area is 119 Å². The summed E-state index contributed by atoms with van der Waals surface area (Å²) >= 11 is 0. The molecule has 0 saturated heterocycles. The van der Waals surface area contributed by atoms with Crippen LogP contribution in [0.5, 0.6) is 0 Å². The van der Waals surface area contributed by atoms with E-state index in [4.69, 9.17) is 0 Å². The number of sulfonamides is 1. The summed E-state index contributed by atoms with van der Waals surface area (Å²) < 4.78 is 64.2. The van der Waals surface area contributed by atoms with E-state index < -0.39 is 27.8 Å². The molecule has 0 spiro atoms. The standard InChI is InChI=1S/C12H12F3N3O2S/c1-8(18-21(19,20)11-6-16-17-7-11)9-3-2-4-10(5-9)12(13,14)15/h2-8,18H,1H3,(H,16,17). The monoisotopic (exact) mass is 319 g/mol. The van der Waals surface area contributed by atoms with E-state index >= 15 is 0 Å². The summed E-state index contributed by atoms with van der Waals surface area (Å²) in [7, 11) is -3.84. The summed E-state index contributed by atoms with van der Waals surface area (Å²) in [6.07, 6.45) is -2.18. The second kappa shape index (κ2) is 5.49. The van der Waals surface area contributed by atoms with Crippen molar-refractivity contribution in [3.63, 3.8) is 0 Å². The lowest BCUT2D eigenvalue weighted by atomic mass is 10.1. The van der Waals surface area contributed by atoms with Crippen LogP contribution in [-0.4, -0.2) is 18.6 Å². The molecule has 0 fully saturated rings. The van der Waals surface area contributed by atoms with Gasteiger partial charge in [0.2, 0.25) is 10.0 Å². The fraction of sp³-hybridized carbons (Fsp3) is 0.250. The topological polar surface area (TPSA) is 74.8 Å². The number of benzene rings is 1. The molecule has 0 radical (unpaired) electrons. The van der Waals surface area contributed by atoms with Gasteiger partial charge in [0.05, 0.1) is 11.8 Å². The first kappa shape index (κ1) is 15.5. The van der Waals surface area contributed by atoms with E-state index in [1.807, 2.05) is 0 Å². The van der Waals surface area contributed by atoms with Crippen molar-refractivity contribution in [3.8, 4) is 0 Å². The van der Waals surface area contributed by atoms with Crippen molar-refractivity contribution in [3.05, 3.63) is 47.8 Å². The molecule has 2 aromatic rings. The van der Waals surface area contributed by atoms with Crippen LogP contribution in [0.15, 0.2) is 41.6 Å². The summed E-state index contributed by atoms with van der Waals surface area (Å²) in [6.45, 7) is 1.47. The van der Waals surface area contributed by atoms with Crippen LogP contribution in [0, 0.1) is 0 Å². The Balaban J connectivity index is 2.23. The summed E-state index contributed by atoms with van der Waals surface area (Å²) in [5.74, 6) is 0. The molecule has 1 unspecified atom stereocenters. The van der Waals surface area contributed by atoms with Crippen LogP contribution in [0.1, 0.15) is 24.1 Å². The predicted molar refractivity (Wildman–Crippen MR) is 68.8 cm³/mol. The number of nitrogens with one attached hydrogen (secondary N) is 2. The maximum absolute atomic E-state index is 12.6. The minimum absolute atomic E-state index is 0.0821. The summed E-state index contributed by atoms with van der Waals surface area (Å²) in [5.41, 5.74) is -0.605. The molecule has 0 amide bonds. The Bertz CT molecular complexity index is 712. The Morgan fingerprint density at radius 3 is 2.62 bits per heavy atom. The van der Waals surface area contributed by atoms with Gasteiger partial charge in [-0.1, -0.05) is 12.1 Å². The van der Waals surface area contributed by atoms with Gasteiger partial charge in [-0.3, -0.25) is 5.10 Å². The first-order chi connectivity index (χ1) is 9.70. The van der Waals surface area contributed by atoms with E-state index in [-0.39, 0.29) is 10.5 Å². The molecule has 1 aromatic carbocycles. The largest absolute Gasteiger partial charge is 0.416 e. The fourth-order valence-electron chi connectivity index (χ4n) is 1.74. The number of hydrogen-bond donors (Lipinski definition) is 2. The highest BCUT2D eigenvalue weighted by atomic mass is 32.2. The molecule has 9 heteroatoms. The van der Waals surface area contributed by atoms with Gasteiger partial charge in [0.1, 0.15) is 4.90 Å². The van der Waals surface area contributed by atoms with E-state index in [0.29, 0.717) is 0 Å². The van der Waals surface area contributed by atoms with Crippen molar-refractivity contribution in [2.45, 2.75) is 24.0 Å². The van der Waals surface area contributed by atoms with Gasteiger partial charge in [-0.25, -0.2) is 13.1 Å². The maximum Gasteiger partial charge on any atom is 0.416 e. The van der Waals surface area contributed by atoms with E-state index in [9.17, 15) is 21.6 Å². The van der Waals surface area contributed by atoms with Crippen molar-refractivity contribution in [1.82, 2.24) is 14.9 Å². The number of aromatic nitrogens is 2. The molecular formula is C12H12F3N3O2S. The zero-order valence-corrected chi connectivity index (χ0v) is 11.7. The van der Waals surface area contributed by atoms with Gasteiger partial charge >= 0.3 is 6.18 Å².